The topological polar surface area (TPSA) is 197 Å². The quantitative estimate of drug-likeness (QED) is 0.118. The van der Waals surface area contributed by atoms with E-state index in [0.29, 0.717) is 0 Å². The number of hydrogen-bond acceptors (Lipinski definition) is 12. The number of aromatic nitrogens is 4. The molecule has 14 nitrogen and oxygen atoms in total. The number of nitrogens with zero attached hydrogens (tertiary/aromatic N) is 4. The van der Waals surface area contributed by atoms with Gasteiger partial charge in [0.25, 0.3) is 11.6 Å². The predicted octanol–water partition coefficient (Wildman–Crippen LogP) is 0.899. The molecule has 2 aromatic rings. The third-order valence-electron chi connectivity index (χ3n) is 5.52. The van der Waals surface area contributed by atoms with Crippen LogP contribution in [-0.4, -0.2) is 95.3 Å². The van der Waals surface area contributed by atoms with Gasteiger partial charge in [0.1, 0.15) is 11.1 Å². The van der Waals surface area contributed by atoms with Gasteiger partial charge in [-0.2, -0.15) is 0 Å². The van der Waals surface area contributed by atoms with Crippen LogP contribution in [0.5, 0.6) is 0 Å². The second-order valence-electron chi connectivity index (χ2n) is 7.81. The summed E-state index contributed by atoms with van der Waals surface area (Å²) in [5, 5.41) is 26.2. The summed E-state index contributed by atoms with van der Waals surface area (Å²) in [5.74, 6) is -2.56. The van der Waals surface area contributed by atoms with Crippen LogP contribution in [0.15, 0.2) is 33.9 Å². The second kappa shape index (κ2) is 11.2. The first-order valence-corrected chi connectivity index (χ1v) is 15.4. The molecule has 0 saturated carbocycles. The van der Waals surface area contributed by atoms with Crippen LogP contribution < -0.4 is 5.32 Å². The molecular formula is C19H23N6O8PS3. The first-order chi connectivity index (χ1) is 17.6. The van der Waals surface area contributed by atoms with Crippen LogP contribution in [0.3, 0.4) is 0 Å². The zero-order valence-corrected chi connectivity index (χ0v) is 22.9. The van der Waals surface area contributed by atoms with E-state index in [9.17, 15) is 28.9 Å². The molecule has 2 aromatic heterocycles. The van der Waals surface area contributed by atoms with E-state index in [4.69, 9.17) is 9.26 Å². The lowest BCUT2D eigenvalue weighted by Crippen LogP contribution is -2.80. The summed E-state index contributed by atoms with van der Waals surface area (Å²) < 4.78 is 23.1. The fourth-order valence-electron chi connectivity index (χ4n) is 3.99. The normalized spacial score (nSPS) is 23.7. The predicted molar refractivity (Wildman–Crippen MR) is 134 cm³/mol. The van der Waals surface area contributed by atoms with Gasteiger partial charge in [0.15, 0.2) is 0 Å². The molecule has 0 radical (unpaired) electrons. The summed E-state index contributed by atoms with van der Waals surface area (Å²) in [5.41, 5.74) is -1.89. The van der Waals surface area contributed by atoms with E-state index < -0.39 is 47.9 Å². The Labute approximate surface area is 223 Å². The molecule has 0 bridgehead atoms. The number of carbonyl (C=O) groups excluding carboxylic acids is 2. The number of tetrazole rings is 1. The van der Waals surface area contributed by atoms with E-state index >= 15 is 0 Å². The molecule has 4 rings (SSSR count). The number of carbonyl (C=O) groups is 3. The molecule has 37 heavy (non-hydrogen) atoms. The van der Waals surface area contributed by atoms with Gasteiger partial charge >= 0.3 is 13.6 Å². The van der Waals surface area contributed by atoms with Crippen LogP contribution in [0, 0.1) is 0 Å². The molecular weight excluding hydrogens is 567 g/mol. The van der Waals surface area contributed by atoms with Gasteiger partial charge in [-0.15, -0.1) is 28.2 Å². The van der Waals surface area contributed by atoms with E-state index in [2.05, 4.69) is 25.9 Å². The molecule has 2 amide bonds. The Hall–Kier alpha value is -2.27. The number of thiophene rings is 1. The number of rotatable bonds is 12. The van der Waals surface area contributed by atoms with Gasteiger partial charge in [-0.25, -0.2) is 9.89 Å². The maximum atomic E-state index is 13.4. The van der Waals surface area contributed by atoms with Crippen molar-refractivity contribution < 1.29 is 38.2 Å². The number of carboxylic acids is 1. The Morgan fingerprint density at radius 1 is 1.49 bits per heavy atom. The van der Waals surface area contributed by atoms with Crippen molar-refractivity contribution >= 4 is 60.2 Å². The van der Waals surface area contributed by atoms with Gasteiger partial charge in [0.2, 0.25) is 11.1 Å². The Morgan fingerprint density at radius 2 is 2.27 bits per heavy atom. The molecule has 2 aliphatic heterocycles. The van der Waals surface area contributed by atoms with Crippen molar-refractivity contribution in [2.75, 3.05) is 25.6 Å². The number of fused-ring (bicyclic) bond motifs is 1. The minimum absolute atomic E-state index is 0.0250. The number of hydrogen-bond donors (Lipinski definition) is 4. The Kier molecular flexibility index (Phi) is 8.42. The Bertz CT molecular complexity index is 1240. The molecule has 1 fully saturated rings. The SMILES string of the molecule is CCOP(=O)(O)CC(Sc1nnn[nH]1)C1=C(C(=O)O)N2C(=O)[C@](NC(=O)Cc3cccs3)(OC)[C@@H]2SC1. The summed E-state index contributed by atoms with van der Waals surface area (Å²) in [7, 11) is -2.86. The summed E-state index contributed by atoms with van der Waals surface area (Å²) >= 11 is 3.50. The maximum absolute atomic E-state index is 13.4. The van der Waals surface area contributed by atoms with Crippen molar-refractivity contribution in [1.82, 2.24) is 30.8 Å². The monoisotopic (exact) mass is 590 g/mol. The molecule has 200 valence electrons. The highest BCUT2D eigenvalue weighted by molar-refractivity contribution is 8.01. The van der Waals surface area contributed by atoms with Gasteiger partial charge in [0.05, 0.1) is 19.2 Å². The molecule has 0 aromatic carbocycles. The largest absolute Gasteiger partial charge is 0.477 e. The van der Waals surface area contributed by atoms with E-state index in [1.807, 2.05) is 5.38 Å². The minimum atomic E-state index is -4.12. The fourth-order valence-corrected chi connectivity index (χ4v) is 9.11. The van der Waals surface area contributed by atoms with Crippen LogP contribution in [0.1, 0.15) is 11.8 Å². The first-order valence-electron chi connectivity index (χ1n) is 10.8. The highest BCUT2D eigenvalue weighted by Crippen LogP contribution is 2.52. The van der Waals surface area contributed by atoms with Gasteiger partial charge in [-0.3, -0.25) is 19.1 Å². The van der Waals surface area contributed by atoms with Crippen LogP contribution in [0.2, 0.25) is 0 Å². The molecule has 0 spiro atoms. The number of aliphatic carboxylic acids is 1. The summed E-state index contributed by atoms with van der Waals surface area (Å²) in [6, 6.07) is 3.59. The lowest BCUT2D eigenvalue weighted by Gasteiger charge is -2.56. The Morgan fingerprint density at radius 3 is 2.86 bits per heavy atom. The van der Waals surface area contributed by atoms with Crippen molar-refractivity contribution in [3.05, 3.63) is 33.7 Å². The summed E-state index contributed by atoms with van der Waals surface area (Å²) in [6.07, 6.45) is -0.411. The lowest BCUT2D eigenvalue weighted by molar-refractivity contribution is -0.192. The van der Waals surface area contributed by atoms with Gasteiger partial charge in [-0.05, 0) is 34.4 Å². The molecule has 1 saturated heterocycles. The third kappa shape index (κ3) is 5.62. The summed E-state index contributed by atoms with van der Waals surface area (Å²) in [4.78, 5) is 50.6. The van der Waals surface area contributed by atoms with E-state index in [-0.39, 0.29) is 35.2 Å². The maximum Gasteiger partial charge on any atom is 0.352 e. The van der Waals surface area contributed by atoms with E-state index in [0.717, 1.165) is 21.5 Å². The number of H-pyrrole nitrogens is 1. The molecule has 4 atom stereocenters. The molecule has 4 N–H and O–H groups in total. The number of thioether (sulfide) groups is 2. The van der Waals surface area contributed by atoms with Crippen LogP contribution in [-0.2, 0) is 34.6 Å². The van der Waals surface area contributed by atoms with Crippen LogP contribution in [0.4, 0.5) is 0 Å². The molecule has 4 heterocycles. The van der Waals surface area contributed by atoms with Crippen molar-refractivity contribution in [1.29, 1.82) is 0 Å². The number of aromatic amines is 1. The molecule has 0 aliphatic carbocycles. The standard InChI is InChI=1S/C19H23N6O8PS3/c1-3-33-34(30,31)8-12(37-18-21-23-24-22-18)11-9-36-17-19(32-2,16(29)25(17)14(11)15(27)28)20-13(26)7-10-5-4-6-35-10/h4-6,12,17H,3,7-9H2,1-2H3,(H,20,26)(H,27,28)(H,30,31)(H,21,22,23,24)/t12?,17-,19-/m0/s1. The van der Waals surface area contributed by atoms with Crippen molar-refractivity contribution in [2.45, 2.75) is 34.8 Å². The van der Waals surface area contributed by atoms with Gasteiger partial charge in [0, 0.05) is 23.0 Å². The first kappa shape index (κ1) is 27.8. The minimum Gasteiger partial charge on any atom is -0.477 e. The number of nitrogens with one attached hydrogen (secondary N) is 2. The number of methoxy groups -OCH3 is 1. The highest BCUT2D eigenvalue weighted by atomic mass is 32.2. The van der Waals surface area contributed by atoms with Crippen molar-refractivity contribution in [2.24, 2.45) is 0 Å². The van der Waals surface area contributed by atoms with Gasteiger partial charge < -0.3 is 24.6 Å². The van der Waals surface area contributed by atoms with Gasteiger partial charge in [-0.1, -0.05) is 17.8 Å². The zero-order valence-electron chi connectivity index (χ0n) is 19.5. The molecule has 2 unspecified atom stereocenters. The number of carboxylic acid groups (broad SMARTS) is 1. The average Bonchev–Trinajstić information content (AvgIpc) is 3.55. The zero-order chi connectivity index (χ0) is 26.8. The van der Waals surface area contributed by atoms with E-state index in [1.54, 1.807) is 19.1 Å². The number of ether oxygens (including phenoxy) is 1. The number of amides is 2. The van der Waals surface area contributed by atoms with Crippen molar-refractivity contribution in [3.63, 3.8) is 0 Å². The second-order valence-corrected chi connectivity index (χ2v) is 13.0. The Balaban J connectivity index is 1.65. The van der Waals surface area contributed by atoms with Crippen LogP contribution >= 0.6 is 42.5 Å². The fraction of sp³-hybridized carbons (Fsp3) is 0.474. The summed E-state index contributed by atoms with van der Waals surface area (Å²) in [6.45, 7) is 1.53. The molecule has 18 heteroatoms. The van der Waals surface area contributed by atoms with Crippen LogP contribution in [0.25, 0.3) is 0 Å². The van der Waals surface area contributed by atoms with Crippen molar-refractivity contribution in [3.8, 4) is 0 Å². The molecule has 2 aliphatic rings. The smallest absolute Gasteiger partial charge is 0.352 e. The highest BCUT2D eigenvalue weighted by Gasteiger charge is 2.67. The van der Waals surface area contributed by atoms with E-state index in [1.165, 1.54) is 30.2 Å². The average molecular weight is 591 g/mol. The lowest BCUT2D eigenvalue weighted by atomic mass is 9.97. The third-order valence-corrected chi connectivity index (χ3v) is 10.6. The number of β-lactam (4-membered cyclic amide) rings is 1.